The van der Waals surface area contributed by atoms with Gasteiger partial charge in [0.25, 0.3) is 0 Å². The van der Waals surface area contributed by atoms with Crippen LogP contribution in [0.15, 0.2) is 24.3 Å². The number of hydrogen-bond acceptors (Lipinski definition) is 2. The van der Waals surface area contributed by atoms with E-state index in [1.807, 2.05) is 24.3 Å². The minimum atomic E-state index is 0.0608. The van der Waals surface area contributed by atoms with Crippen molar-refractivity contribution in [2.24, 2.45) is 0 Å². The second-order valence-electron chi connectivity index (χ2n) is 3.54. The van der Waals surface area contributed by atoms with Crippen molar-refractivity contribution in [3.63, 3.8) is 0 Å². The van der Waals surface area contributed by atoms with Crippen LogP contribution >= 0.6 is 31.5 Å². The fourth-order valence-electron chi connectivity index (χ4n) is 1.05. The fraction of sp³-hybridized carbons (Fsp3) is 0.400. The summed E-state index contributed by atoms with van der Waals surface area (Å²) in [5.74, 6) is 1.32. The highest BCUT2D eigenvalue weighted by molar-refractivity contribution is 14.1. The molecular weight excluding hydrogens is 321 g/mol. The van der Waals surface area contributed by atoms with Crippen molar-refractivity contribution in [1.29, 1.82) is 0 Å². The van der Waals surface area contributed by atoms with Gasteiger partial charge >= 0.3 is 0 Å². The van der Waals surface area contributed by atoms with Crippen LogP contribution in [0.3, 0.4) is 0 Å². The van der Waals surface area contributed by atoms with E-state index >= 15 is 0 Å². The molecule has 0 saturated carbocycles. The topological polar surface area (TPSA) is 29.5 Å². The van der Waals surface area contributed by atoms with Crippen LogP contribution in [0.4, 0.5) is 0 Å². The molecule has 0 amide bonds. The Labute approximate surface area is 107 Å². The average Bonchev–Trinajstić information content (AvgIpc) is 2.26. The zero-order valence-electron chi connectivity index (χ0n) is 8.69. The highest BCUT2D eigenvalue weighted by Gasteiger charge is 2.13. The molecule has 2 unspecified atom stereocenters. The summed E-state index contributed by atoms with van der Waals surface area (Å²) in [6.45, 7) is 2.91. The third kappa shape index (κ3) is 4.71. The molecule has 0 aromatic heterocycles. The van der Waals surface area contributed by atoms with Gasteiger partial charge in [0.1, 0.15) is 5.75 Å². The lowest BCUT2D eigenvalue weighted by atomic mass is 9.88. The van der Waals surface area contributed by atoms with Crippen LogP contribution in [0.25, 0.3) is 0 Å². The van der Waals surface area contributed by atoms with Crippen molar-refractivity contribution in [2.75, 3.05) is 6.61 Å². The van der Waals surface area contributed by atoms with Crippen LogP contribution in [0.5, 0.6) is 5.75 Å². The van der Waals surface area contributed by atoms with Crippen molar-refractivity contribution < 1.29 is 9.84 Å². The summed E-state index contributed by atoms with van der Waals surface area (Å²) in [6.07, 6.45) is 0. The maximum Gasteiger partial charge on any atom is 0.245 e. The van der Waals surface area contributed by atoms with E-state index in [-0.39, 0.29) is 6.61 Å². The molecule has 0 radical (unpaired) electrons. The van der Waals surface area contributed by atoms with Crippen molar-refractivity contribution in [3.05, 3.63) is 29.8 Å². The van der Waals surface area contributed by atoms with Gasteiger partial charge in [0.05, 0.1) is 13.2 Å². The molecular formula is C10H15BIO2P. The summed E-state index contributed by atoms with van der Waals surface area (Å²) in [6, 6.07) is 7.56. The first-order valence-electron chi connectivity index (χ1n) is 4.85. The highest BCUT2D eigenvalue weighted by atomic mass is 127. The van der Waals surface area contributed by atoms with Crippen LogP contribution in [0, 0.1) is 0 Å². The Morgan fingerprint density at radius 3 is 2.93 bits per heavy atom. The lowest BCUT2D eigenvalue weighted by molar-refractivity contribution is 0.279. The normalized spacial score (nSPS) is 12.3. The second-order valence-corrected chi connectivity index (χ2v) is 7.05. The SMILES string of the molecule is CC(COc1cccc(CO)c1)B(P)I. The number of halogens is 1. The lowest BCUT2D eigenvalue weighted by Gasteiger charge is -2.13. The second kappa shape index (κ2) is 6.72. The van der Waals surface area contributed by atoms with E-state index in [9.17, 15) is 0 Å². The molecule has 0 heterocycles. The van der Waals surface area contributed by atoms with Gasteiger partial charge < -0.3 is 9.84 Å². The third-order valence-electron chi connectivity index (χ3n) is 2.14. The molecule has 1 aromatic carbocycles. The molecule has 0 fully saturated rings. The Bertz CT molecular complexity index is 309. The van der Waals surface area contributed by atoms with Gasteiger partial charge in [-0.1, -0.05) is 19.1 Å². The first kappa shape index (κ1) is 13.3. The summed E-state index contributed by atoms with van der Waals surface area (Å²) < 4.78 is 6.16. The predicted molar refractivity (Wildman–Crippen MR) is 76.8 cm³/mol. The van der Waals surface area contributed by atoms with E-state index in [4.69, 9.17) is 9.84 Å². The molecule has 82 valence electrons. The van der Waals surface area contributed by atoms with Gasteiger partial charge in [0, 0.05) is 0 Å². The minimum absolute atomic E-state index is 0.0608. The van der Waals surface area contributed by atoms with Crippen molar-refractivity contribution in [1.82, 2.24) is 0 Å². The first-order chi connectivity index (χ1) is 7.13. The van der Waals surface area contributed by atoms with Gasteiger partial charge in [0.15, 0.2) is 0 Å². The van der Waals surface area contributed by atoms with Crippen LogP contribution in [0.1, 0.15) is 12.5 Å². The Morgan fingerprint density at radius 2 is 2.33 bits per heavy atom. The summed E-state index contributed by atoms with van der Waals surface area (Å²) in [4.78, 5) is 0. The number of benzene rings is 1. The first-order valence-corrected chi connectivity index (χ1v) is 6.77. The Kier molecular flexibility index (Phi) is 5.94. The van der Waals surface area contributed by atoms with Crippen LogP contribution in [0.2, 0.25) is 5.82 Å². The maximum absolute atomic E-state index is 8.97. The molecule has 0 aliphatic rings. The quantitative estimate of drug-likeness (QED) is 0.509. The molecule has 0 aliphatic heterocycles. The molecule has 1 rings (SSSR count). The smallest absolute Gasteiger partial charge is 0.245 e. The van der Waals surface area contributed by atoms with E-state index in [0.717, 1.165) is 11.3 Å². The molecule has 0 saturated heterocycles. The van der Waals surface area contributed by atoms with Crippen LogP contribution in [-0.4, -0.2) is 16.0 Å². The lowest BCUT2D eigenvalue weighted by Crippen LogP contribution is -2.11. The zero-order valence-corrected chi connectivity index (χ0v) is 12.0. The fourth-order valence-corrected chi connectivity index (χ4v) is 1.37. The van der Waals surface area contributed by atoms with Gasteiger partial charge in [-0.15, -0.1) is 22.4 Å². The van der Waals surface area contributed by atoms with Crippen molar-refractivity contribution >= 4 is 35.8 Å². The minimum Gasteiger partial charge on any atom is -0.494 e. The summed E-state index contributed by atoms with van der Waals surface area (Å²) in [7, 11) is 2.77. The highest BCUT2D eigenvalue weighted by Crippen LogP contribution is 2.22. The molecule has 1 N–H and O–H groups in total. The summed E-state index contributed by atoms with van der Waals surface area (Å²) in [5.41, 5.74) is 0.886. The van der Waals surface area contributed by atoms with E-state index < -0.39 is 0 Å². The summed E-state index contributed by atoms with van der Waals surface area (Å²) >= 11 is 2.37. The average molecular weight is 336 g/mol. The third-order valence-corrected chi connectivity index (χ3v) is 4.02. The van der Waals surface area contributed by atoms with E-state index in [1.54, 1.807) is 0 Å². The Balaban J connectivity index is 2.50. The molecule has 2 nitrogen and oxygen atoms in total. The van der Waals surface area contributed by atoms with E-state index in [0.29, 0.717) is 16.7 Å². The van der Waals surface area contributed by atoms with Gasteiger partial charge in [0.2, 0.25) is 4.29 Å². The molecule has 2 atom stereocenters. The molecule has 0 spiro atoms. The van der Waals surface area contributed by atoms with Crippen molar-refractivity contribution in [2.45, 2.75) is 19.3 Å². The molecule has 0 aliphatic carbocycles. The Hall–Kier alpha value is 0.205. The standard InChI is InChI=1S/C10H15BIO2P/c1-8(11(12)15)7-14-10-4-2-3-9(5-10)6-13/h2-5,8,13H,6-7,15H2,1H3. The molecule has 15 heavy (non-hydrogen) atoms. The molecule has 0 bridgehead atoms. The largest absolute Gasteiger partial charge is 0.494 e. The molecule has 5 heteroatoms. The van der Waals surface area contributed by atoms with Gasteiger partial charge in [-0.3, -0.25) is 0 Å². The maximum atomic E-state index is 8.97. The predicted octanol–water partition coefficient (Wildman–Crippen LogP) is 2.75. The zero-order chi connectivity index (χ0) is 11.3. The monoisotopic (exact) mass is 336 g/mol. The van der Waals surface area contributed by atoms with Gasteiger partial charge in [-0.05, 0) is 23.5 Å². The Morgan fingerprint density at radius 1 is 1.60 bits per heavy atom. The van der Waals surface area contributed by atoms with Crippen LogP contribution < -0.4 is 4.74 Å². The number of aliphatic hydroxyl groups is 1. The molecule has 1 aromatic rings. The number of ether oxygens (including phenoxy) is 1. The van der Waals surface area contributed by atoms with Gasteiger partial charge in [-0.25, -0.2) is 0 Å². The van der Waals surface area contributed by atoms with E-state index in [2.05, 4.69) is 38.4 Å². The van der Waals surface area contributed by atoms with Crippen LogP contribution in [-0.2, 0) is 6.61 Å². The van der Waals surface area contributed by atoms with Gasteiger partial charge in [-0.2, -0.15) is 9.12 Å². The number of hydrogen-bond donors (Lipinski definition) is 1. The van der Waals surface area contributed by atoms with E-state index in [1.165, 1.54) is 0 Å². The number of aliphatic hydroxyl groups excluding tert-OH is 1. The number of rotatable bonds is 5. The summed E-state index contributed by atoms with van der Waals surface area (Å²) in [5, 5.41) is 8.97. The van der Waals surface area contributed by atoms with Crippen molar-refractivity contribution in [3.8, 4) is 5.75 Å².